The van der Waals surface area contributed by atoms with Crippen LogP contribution in [0.1, 0.15) is 32.1 Å². The lowest BCUT2D eigenvalue weighted by Gasteiger charge is -2.35. The number of piperazine rings is 1. The van der Waals surface area contributed by atoms with Gasteiger partial charge in [-0.2, -0.15) is 4.31 Å². The van der Waals surface area contributed by atoms with Gasteiger partial charge in [0.05, 0.1) is 34.6 Å². The summed E-state index contributed by atoms with van der Waals surface area (Å²) in [4.78, 5) is 30.1. The van der Waals surface area contributed by atoms with Crippen molar-refractivity contribution in [3.63, 3.8) is 0 Å². The molecule has 3 N–H and O–H groups in total. The molecular formula is C21H30N4O6S. The van der Waals surface area contributed by atoms with E-state index in [2.05, 4.69) is 9.97 Å². The first-order chi connectivity index (χ1) is 15.3. The van der Waals surface area contributed by atoms with E-state index >= 15 is 0 Å². The standard InChI is InChI=1S/C21H30N4O6S/c26-15(14-31-16-4-2-1-3-5-16)13-24-8-10-25(11-9-24)32(29,30)17-6-7-19-18(12-17)20(27)23-21(28)22-19/h6-7,12,15-16,26H,1-5,8-11,13-14H2,(H2,22,23,27,28)/t15-/m1/s1. The fourth-order valence-corrected chi connectivity index (χ4v) is 5.88. The molecule has 10 nitrogen and oxygen atoms in total. The number of fused-ring (bicyclic) bond motifs is 1. The van der Waals surface area contributed by atoms with Gasteiger partial charge < -0.3 is 14.8 Å². The highest BCUT2D eigenvalue weighted by Gasteiger charge is 2.29. The van der Waals surface area contributed by atoms with E-state index in [1.54, 1.807) is 0 Å². The summed E-state index contributed by atoms with van der Waals surface area (Å²) in [5.74, 6) is 0. The fraction of sp³-hybridized carbons (Fsp3) is 0.619. The highest BCUT2D eigenvalue weighted by molar-refractivity contribution is 7.89. The molecule has 2 aliphatic rings. The predicted octanol–water partition coefficient (Wildman–Crippen LogP) is 0.233. The van der Waals surface area contributed by atoms with E-state index in [0.29, 0.717) is 39.3 Å². The van der Waals surface area contributed by atoms with Gasteiger partial charge in [0.25, 0.3) is 5.56 Å². The Morgan fingerprint density at radius 3 is 2.50 bits per heavy atom. The third kappa shape index (κ3) is 5.29. The highest BCUT2D eigenvalue weighted by atomic mass is 32.2. The van der Waals surface area contributed by atoms with Crippen molar-refractivity contribution in [2.24, 2.45) is 0 Å². The van der Waals surface area contributed by atoms with Crippen LogP contribution in [0.4, 0.5) is 0 Å². The van der Waals surface area contributed by atoms with Gasteiger partial charge in [-0.3, -0.25) is 14.7 Å². The molecule has 4 rings (SSSR count). The van der Waals surface area contributed by atoms with Crippen molar-refractivity contribution in [2.75, 3.05) is 39.3 Å². The number of nitrogens with one attached hydrogen (secondary N) is 2. The second-order valence-electron chi connectivity index (χ2n) is 8.57. The van der Waals surface area contributed by atoms with Crippen molar-refractivity contribution in [3.05, 3.63) is 39.0 Å². The molecule has 0 spiro atoms. The summed E-state index contributed by atoms with van der Waals surface area (Å²) in [6.45, 7) is 2.33. The number of hydrogen-bond donors (Lipinski definition) is 3. The molecule has 2 heterocycles. The Hall–Kier alpha value is -2.05. The molecule has 11 heteroatoms. The molecule has 1 saturated heterocycles. The summed E-state index contributed by atoms with van der Waals surface area (Å²) < 4.78 is 33.4. The first-order valence-corrected chi connectivity index (χ1v) is 12.6. The van der Waals surface area contributed by atoms with Crippen LogP contribution < -0.4 is 11.2 Å². The molecule has 2 fully saturated rings. The number of β-amino-alcohol motifs (C(OH)–C–C–N with tert-alkyl or cyclic N) is 1. The SMILES string of the molecule is O=c1[nH]c(=O)c2cc(S(=O)(=O)N3CCN(C[C@@H](O)COC4CCCCC4)CC3)ccc2[nH]1. The van der Waals surface area contributed by atoms with Crippen LogP contribution in [0.2, 0.25) is 0 Å². The maximum absolute atomic E-state index is 13.1. The lowest BCUT2D eigenvalue weighted by Crippen LogP contribution is -2.50. The quantitative estimate of drug-likeness (QED) is 0.532. The van der Waals surface area contributed by atoms with Gasteiger partial charge in [0.1, 0.15) is 0 Å². The topological polar surface area (TPSA) is 136 Å². The number of aliphatic hydroxyl groups is 1. The van der Waals surface area contributed by atoms with Gasteiger partial charge in [-0.1, -0.05) is 19.3 Å². The van der Waals surface area contributed by atoms with Crippen LogP contribution in [0.3, 0.4) is 0 Å². The van der Waals surface area contributed by atoms with Gasteiger partial charge in [-0.25, -0.2) is 13.2 Å². The minimum atomic E-state index is -3.78. The van der Waals surface area contributed by atoms with Crippen LogP contribution >= 0.6 is 0 Å². The van der Waals surface area contributed by atoms with Crippen molar-refractivity contribution in [1.82, 2.24) is 19.2 Å². The molecule has 1 aliphatic heterocycles. The van der Waals surface area contributed by atoms with Gasteiger partial charge in [0.2, 0.25) is 10.0 Å². The molecule has 176 valence electrons. The van der Waals surface area contributed by atoms with Crippen molar-refractivity contribution < 1.29 is 18.3 Å². The minimum Gasteiger partial charge on any atom is -0.389 e. The average Bonchev–Trinajstić information content (AvgIpc) is 2.78. The number of benzene rings is 1. The Balaban J connectivity index is 1.33. The zero-order chi connectivity index (χ0) is 22.7. The van der Waals surface area contributed by atoms with Crippen LogP contribution in [0.15, 0.2) is 32.7 Å². The average molecular weight is 467 g/mol. The van der Waals surface area contributed by atoms with Crippen molar-refractivity contribution in [2.45, 2.75) is 49.2 Å². The molecule has 1 saturated carbocycles. The monoisotopic (exact) mass is 466 g/mol. The Kier molecular flexibility index (Phi) is 7.11. The molecular weight excluding hydrogens is 436 g/mol. The summed E-state index contributed by atoms with van der Waals surface area (Å²) in [5.41, 5.74) is -0.984. The number of H-pyrrole nitrogens is 2. The maximum atomic E-state index is 13.1. The summed E-state index contributed by atoms with van der Waals surface area (Å²) in [7, 11) is -3.78. The lowest BCUT2D eigenvalue weighted by molar-refractivity contribution is -0.0353. The molecule has 2 aromatic rings. The van der Waals surface area contributed by atoms with E-state index in [9.17, 15) is 23.1 Å². The largest absolute Gasteiger partial charge is 0.389 e. The van der Waals surface area contributed by atoms with Crippen LogP contribution in [-0.2, 0) is 14.8 Å². The summed E-state index contributed by atoms with van der Waals surface area (Å²) in [6, 6.07) is 4.11. The first kappa shape index (κ1) is 23.1. The van der Waals surface area contributed by atoms with Crippen LogP contribution in [0.25, 0.3) is 10.9 Å². The van der Waals surface area contributed by atoms with E-state index < -0.39 is 27.4 Å². The fourth-order valence-electron chi connectivity index (χ4n) is 4.44. The lowest BCUT2D eigenvalue weighted by atomic mass is 9.98. The summed E-state index contributed by atoms with van der Waals surface area (Å²) in [5, 5.41) is 10.4. The molecule has 1 aromatic carbocycles. The smallest absolute Gasteiger partial charge is 0.326 e. The highest BCUT2D eigenvalue weighted by Crippen LogP contribution is 2.22. The molecule has 0 bridgehead atoms. The number of sulfonamides is 1. The van der Waals surface area contributed by atoms with Crippen molar-refractivity contribution in [3.8, 4) is 0 Å². The number of aliphatic hydroxyl groups excluding tert-OH is 1. The van der Waals surface area contributed by atoms with E-state index in [4.69, 9.17) is 4.74 Å². The van der Waals surface area contributed by atoms with Gasteiger partial charge in [-0.05, 0) is 31.0 Å². The Morgan fingerprint density at radius 2 is 1.78 bits per heavy atom. The normalized spacial score (nSPS) is 20.5. The number of ether oxygens (including phenoxy) is 1. The van der Waals surface area contributed by atoms with Crippen LogP contribution in [-0.4, -0.2) is 84.2 Å². The molecule has 1 atom stereocenters. The number of aromatic amines is 2. The number of rotatable bonds is 7. The minimum absolute atomic E-state index is 0.0110. The molecule has 32 heavy (non-hydrogen) atoms. The third-order valence-electron chi connectivity index (χ3n) is 6.23. The van der Waals surface area contributed by atoms with Gasteiger partial charge in [0, 0.05) is 32.7 Å². The van der Waals surface area contributed by atoms with Gasteiger partial charge in [-0.15, -0.1) is 0 Å². The summed E-state index contributed by atoms with van der Waals surface area (Å²) in [6.07, 6.45) is 5.37. The predicted molar refractivity (Wildman–Crippen MR) is 119 cm³/mol. The Bertz CT molecular complexity index is 1150. The van der Waals surface area contributed by atoms with Gasteiger partial charge >= 0.3 is 5.69 Å². The van der Waals surface area contributed by atoms with Gasteiger partial charge in [0.15, 0.2) is 0 Å². The Labute approximate surface area is 186 Å². The Morgan fingerprint density at radius 1 is 1.06 bits per heavy atom. The number of hydrogen-bond acceptors (Lipinski definition) is 7. The third-order valence-corrected chi connectivity index (χ3v) is 8.12. The second-order valence-corrected chi connectivity index (χ2v) is 10.5. The summed E-state index contributed by atoms with van der Waals surface area (Å²) >= 11 is 0. The zero-order valence-corrected chi connectivity index (χ0v) is 18.8. The van der Waals surface area contributed by atoms with E-state index in [0.717, 1.165) is 12.8 Å². The molecule has 0 radical (unpaired) electrons. The first-order valence-electron chi connectivity index (χ1n) is 11.1. The van der Waals surface area contributed by atoms with E-state index in [1.165, 1.54) is 41.8 Å². The molecule has 0 amide bonds. The van der Waals surface area contributed by atoms with E-state index in [-0.39, 0.29) is 21.9 Å². The molecule has 1 aliphatic carbocycles. The maximum Gasteiger partial charge on any atom is 0.326 e. The number of nitrogens with zero attached hydrogens (tertiary/aromatic N) is 2. The second kappa shape index (κ2) is 9.84. The van der Waals surface area contributed by atoms with Crippen LogP contribution in [0.5, 0.6) is 0 Å². The van der Waals surface area contributed by atoms with E-state index in [1.807, 2.05) is 4.90 Å². The molecule has 1 aromatic heterocycles. The number of aromatic nitrogens is 2. The zero-order valence-electron chi connectivity index (χ0n) is 18.0. The molecule has 0 unspecified atom stereocenters. The van der Waals surface area contributed by atoms with Crippen molar-refractivity contribution in [1.29, 1.82) is 0 Å². The van der Waals surface area contributed by atoms with Crippen molar-refractivity contribution >= 4 is 20.9 Å². The van der Waals surface area contributed by atoms with Crippen LogP contribution in [0, 0.1) is 0 Å².